The number of aliphatic hydroxyl groups is 1. The van der Waals surface area contributed by atoms with E-state index in [0.29, 0.717) is 13.1 Å². The number of aromatic nitrogens is 1. The average Bonchev–Trinajstić information content (AvgIpc) is 2.85. The molecule has 1 rings (SSSR count). The molecule has 1 aromatic heterocycles. The third-order valence-electron chi connectivity index (χ3n) is 3.04. The zero-order chi connectivity index (χ0) is 15.3. The van der Waals surface area contributed by atoms with Crippen LogP contribution in [0.2, 0.25) is 0 Å². The first-order valence-corrected chi connectivity index (χ1v) is 7.79. The maximum atomic E-state index is 12.0. The van der Waals surface area contributed by atoms with Crippen molar-refractivity contribution in [3.8, 4) is 0 Å². The third-order valence-corrected chi connectivity index (χ3v) is 4.07. The van der Waals surface area contributed by atoms with E-state index >= 15 is 0 Å². The van der Waals surface area contributed by atoms with Gasteiger partial charge in [0.15, 0.2) is 0 Å². The molecule has 0 saturated heterocycles. The second-order valence-electron chi connectivity index (χ2n) is 5.80. The molecular formula is C14H25N3O2S. The number of carbonyl (C=O) groups is 1. The minimum atomic E-state index is -0.165. The van der Waals surface area contributed by atoms with Crippen LogP contribution in [0.3, 0.4) is 0 Å². The van der Waals surface area contributed by atoms with Crippen molar-refractivity contribution in [2.45, 2.75) is 46.1 Å². The lowest BCUT2D eigenvalue weighted by atomic mass is 9.93. The Morgan fingerprint density at radius 2 is 2.20 bits per heavy atom. The predicted molar refractivity (Wildman–Crippen MR) is 82.1 cm³/mol. The number of aliphatic hydroxyl groups excluding tert-OH is 1. The van der Waals surface area contributed by atoms with E-state index in [1.807, 2.05) is 19.2 Å². The second-order valence-corrected chi connectivity index (χ2v) is 6.69. The maximum Gasteiger partial charge on any atom is 0.318 e. The molecule has 0 aliphatic carbocycles. The van der Waals surface area contributed by atoms with Crippen molar-refractivity contribution in [1.29, 1.82) is 0 Å². The minimum absolute atomic E-state index is 0.0187. The number of thiazole rings is 1. The van der Waals surface area contributed by atoms with Gasteiger partial charge in [0, 0.05) is 23.9 Å². The molecule has 0 aliphatic rings. The summed E-state index contributed by atoms with van der Waals surface area (Å²) in [5, 5.41) is 14.8. The van der Waals surface area contributed by atoms with E-state index in [1.54, 1.807) is 16.2 Å². The van der Waals surface area contributed by atoms with Gasteiger partial charge in [-0.05, 0) is 13.8 Å². The molecule has 0 fully saturated rings. The summed E-state index contributed by atoms with van der Waals surface area (Å²) in [7, 11) is 0. The number of nitrogens with zero attached hydrogens (tertiary/aromatic N) is 2. The van der Waals surface area contributed by atoms with Gasteiger partial charge in [-0.25, -0.2) is 9.78 Å². The number of likely N-dealkylation sites (N-methyl/N-ethyl adjacent to an activating group) is 1. The van der Waals surface area contributed by atoms with Crippen LogP contribution in [0.25, 0.3) is 0 Å². The molecule has 0 bridgehead atoms. The molecule has 2 N–H and O–H groups in total. The Bertz CT molecular complexity index is 440. The van der Waals surface area contributed by atoms with Gasteiger partial charge in [0.1, 0.15) is 5.01 Å². The van der Waals surface area contributed by atoms with Gasteiger partial charge < -0.3 is 15.3 Å². The molecule has 1 atom stereocenters. The second kappa shape index (κ2) is 7.04. The molecule has 0 aliphatic heterocycles. The van der Waals surface area contributed by atoms with E-state index in [4.69, 9.17) is 5.11 Å². The van der Waals surface area contributed by atoms with Crippen LogP contribution in [0.5, 0.6) is 0 Å². The molecule has 1 unspecified atom stereocenters. The molecule has 114 valence electrons. The summed E-state index contributed by atoms with van der Waals surface area (Å²) in [5.41, 5.74) is 1.06. The Labute approximate surface area is 125 Å². The number of urea groups is 1. The Morgan fingerprint density at radius 1 is 1.55 bits per heavy atom. The summed E-state index contributed by atoms with van der Waals surface area (Å²) < 4.78 is 0. The highest BCUT2D eigenvalue weighted by molar-refractivity contribution is 7.09. The summed E-state index contributed by atoms with van der Waals surface area (Å²) in [6.07, 6.45) is 0. The van der Waals surface area contributed by atoms with Crippen molar-refractivity contribution in [2.75, 3.05) is 19.7 Å². The largest absolute Gasteiger partial charge is 0.395 e. The number of hydrogen-bond acceptors (Lipinski definition) is 4. The van der Waals surface area contributed by atoms with Gasteiger partial charge in [0.25, 0.3) is 0 Å². The van der Waals surface area contributed by atoms with Gasteiger partial charge in [-0.15, -0.1) is 11.3 Å². The van der Waals surface area contributed by atoms with Gasteiger partial charge in [0.2, 0.25) is 0 Å². The Hall–Kier alpha value is -1.14. The molecule has 6 heteroatoms. The average molecular weight is 299 g/mol. The number of rotatable bonds is 5. The fourth-order valence-electron chi connectivity index (χ4n) is 1.69. The SMILES string of the molecule is CCN(CCO)C(=O)NC(C)c1nc(C(C)(C)C)cs1. The Kier molecular flexibility index (Phi) is 5.95. The van der Waals surface area contributed by atoms with Crippen LogP contribution < -0.4 is 5.32 Å². The Morgan fingerprint density at radius 3 is 2.65 bits per heavy atom. The number of hydrogen-bond donors (Lipinski definition) is 2. The molecule has 0 aromatic carbocycles. The lowest BCUT2D eigenvalue weighted by Gasteiger charge is -2.22. The fourth-order valence-corrected chi connectivity index (χ4v) is 2.75. The summed E-state index contributed by atoms with van der Waals surface area (Å²) in [6, 6.07) is -0.294. The topological polar surface area (TPSA) is 65.5 Å². The highest BCUT2D eigenvalue weighted by atomic mass is 32.1. The highest BCUT2D eigenvalue weighted by Gasteiger charge is 2.21. The summed E-state index contributed by atoms with van der Waals surface area (Å²) in [6.45, 7) is 11.1. The van der Waals surface area contributed by atoms with Crippen molar-refractivity contribution >= 4 is 17.4 Å². The molecule has 0 radical (unpaired) electrons. The summed E-state index contributed by atoms with van der Waals surface area (Å²) >= 11 is 1.57. The molecule has 0 spiro atoms. The van der Waals surface area contributed by atoms with Crippen molar-refractivity contribution in [3.05, 3.63) is 16.1 Å². The molecule has 5 nitrogen and oxygen atoms in total. The van der Waals surface area contributed by atoms with Crippen LogP contribution in [-0.4, -0.2) is 40.7 Å². The van der Waals surface area contributed by atoms with Crippen LogP contribution in [-0.2, 0) is 5.41 Å². The zero-order valence-corrected chi connectivity index (χ0v) is 13.8. The van der Waals surface area contributed by atoms with Crippen LogP contribution in [0.15, 0.2) is 5.38 Å². The van der Waals surface area contributed by atoms with E-state index in [1.165, 1.54) is 0 Å². The van der Waals surface area contributed by atoms with E-state index < -0.39 is 0 Å². The maximum absolute atomic E-state index is 12.0. The van der Waals surface area contributed by atoms with Gasteiger partial charge in [-0.3, -0.25) is 0 Å². The van der Waals surface area contributed by atoms with E-state index in [-0.39, 0.29) is 24.1 Å². The molecule has 1 heterocycles. The van der Waals surface area contributed by atoms with Crippen molar-refractivity contribution in [3.63, 3.8) is 0 Å². The first-order valence-electron chi connectivity index (χ1n) is 6.91. The van der Waals surface area contributed by atoms with Crippen LogP contribution in [0, 0.1) is 0 Å². The first-order chi connectivity index (χ1) is 9.29. The van der Waals surface area contributed by atoms with E-state index in [2.05, 4.69) is 31.1 Å². The van der Waals surface area contributed by atoms with Crippen LogP contribution >= 0.6 is 11.3 Å². The number of amides is 2. The Balaban J connectivity index is 2.69. The number of carbonyl (C=O) groups excluding carboxylic acids is 1. The monoisotopic (exact) mass is 299 g/mol. The molecule has 1 aromatic rings. The van der Waals surface area contributed by atoms with Gasteiger partial charge >= 0.3 is 6.03 Å². The van der Waals surface area contributed by atoms with Gasteiger partial charge in [-0.2, -0.15) is 0 Å². The lowest BCUT2D eigenvalue weighted by molar-refractivity contribution is 0.178. The summed E-state index contributed by atoms with van der Waals surface area (Å²) in [5.74, 6) is 0. The fraction of sp³-hybridized carbons (Fsp3) is 0.714. The van der Waals surface area contributed by atoms with Gasteiger partial charge in [0.05, 0.1) is 18.3 Å². The molecule has 2 amide bonds. The smallest absolute Gasteiger partial charge is 0.318 e. The van der Waals surface area contributed by atoms with Crippen LogP contribution in [0.4, 0.5) is 4.79 Å². The zero-order valence-electron chi connectivity index (χ0n) is 12.9. The van der Waals surface area contributed by atoms with Crippen molar-refractivity contribution in [2.24, 2.45) is 0 Å². The van der Waals surface area contributed by atoms with E-state index in [9.17, 15) is 4.79 Å². The lowest BCUT2D eigenvalue weighted by Crippen LogP contribution is -2.42. The highest BCUT2D eigenvalue weighted by Crippen LogP contribution is 2.26. The third kappa shape index (κ3) is 4.45. The van der Waals surface area contributed by atoms with Gasteiger partial charge in [-0.1, -0.05) is 20.8 Å². The quantitative estimate of drug-likeness (QED) is 0.878. The molecular weight excluding hydrogens is 274 g/mol. The predicted octanol–water partition coefficient (Wildman–Crippen LogP) is 2.53. The van der Waals surface area contributed by atoms with Crippen LogP contribution in [0.1, 0.15) is 51.4 Å². The minimum Gasteiger partial charge on any atom is -0.395 e. The molecule has 0 saturated carbocycles. The molecule has 20 heavy (non-hydrogen) atoms. The van der Waals surface area contributed by atoms with Crippen molar-refractivity contribution in [1.82, 2.24) is 15.2 Å². The number of nitrogens with one attached hydrogen (secondary N) is 1. The van der Waals surface area contributed by atoms with Crippen molar-refractivity contribution < 1.29 is 9.90 Å². The summed E-state index contributed by atoms with van der Waals surface area (Å²) in [4.78, 5) is 18.2. The standard InChI is InChI=1S/C14H25N3O2S/c1-6-17(7-8-18)13(19)15-10(2)12-16-11(9-20-12)14(3,4)5/h9-10,18H,6-8H2,1-5H3,(H,15,19). The normalized spacial score (nSPS) is 13.1. The first kappa shape index (κ1) is 16.9. The van der Waals surface area contributed by atoms with E-state index in [0.717, 1.165) is 10.7 Å².